The van der Waals surface area contributed by atoms with Crippen LogP contribution in [0.25, 0.3) is 5.69 Å². The van der Waals surface area contributed by atoms with E-state index < -0.39 is 17.4 Å². The molecule has 1 amide bonds. The van der Waals surface area contributed by atoms with Gasteiger partial charge in [-0.15, -0.1) is 0 Å². The van der Waals surface area contributed by atoms with Gasteiger partial charge in [-0.05, 0) is 49.9 Å². The van der Waals surface area contributed by atoms with Crippen LogP contribution in [0.15, 0.2) is 60.9 Å². The van der Waals surface area contributed by atoms with Crippen molar-refractivity contribution in [2.24, 2.45) is 0 Å². The minimum absolute atomic E-state index is 0.0786. The van der Waals surface area contributed by atoms with Gasteiger partial charge in [0, 0.05) is 18.5 Å². The van der Waals surface area contributed by atoms with Crippen LogP contribution in [0.1, 0.15) is 25.7 Å². The number of aromatic nitrogens is 3. The van der Waals surface area contributed by atoms with E-state index in [1.54, 1.807) is 48.8 Å². The van der Waals surface area contributed by atoms with Gasteiger partial charge in [0.15, 0.2) is 0 Å². The number of anilines is 2. The Hall–Kier alpha value is -3.49. The second kappa shape index (κ2) is 7.89. The monoisotopic (exact) mass is 439 g/mol. The molecule has 1 aliphatic carbocycles. The van der Waals surface area contributed by atoms with Crippen molar-refractivity contribution in [3.8, 4) is 5.69 Å². The van der Waals surface area contributed by atoms with Crippen molar-refractivity contribution in [2.75, 3.05) is 23.3 Å². The van der Waals surface area contributed by atoms with Gasteiger partial charge in [0.2, 0.25) is 0 Å². The number of halogens is 2. The van der Waals surface area contributed by atoms with Crippen LogP contribution >= 0.6 is 0 Å². The van der Waals surface area contributed by atoms with Gasteiger partial charge in [0.25, 0.3) is 0 Å². The van der Waals surface area contributed by atoms with Crippen LogP contribution in [0.2, 0.25) is 0 Å². The molecular formula is C23H23F2N5O2. The van der Waals surface area contributed by atoms with Gasteiger partial charge in [-0.2, -0.15) is 5.10 Å². The van der Waals surface area contributed by atoms with E-state index in [2.05, 4.69) is 15.4 Å². The second-order valence-corrected chi connectivity index (χ2v) is 8.43. The standard InChI is InChI=1S/C23H23F2N5O2/c24-17-5-1-2-6-18(17)30-14-8-19(28-30)27-15-22(25)9-11-23(12-10-22)16-29(21(31)32-23)20-7-3-4-13-26-20/h1-8,13-14H,9-12,15-16H2,(H,27,28). The fraction of sp³-hybridized carbons (Fsp3) is 0.348. The number of amides is 1. The minimum Gasteiger partial charge on any atom is -0.441 e. The number of para-hydroxylation sites is 1. The number of rotatable bonds is 5. The highest BCUT2D eigenvalue weighted by Crippen LogP contribution is 2.43. The summed E-state index contributed by atoms with van der Waals surface area (Å²) in [6, 6.07) is 13.4. The van der Waals surface area contributed by atoms with Crippen LogP contribution in [0.5, 0.6) is 0 Å². The van der Waals surface area contributed by atoms with Crippen LogP contribution in [-0.2, 0) is 4.74 Å². The molecule has 2 fully saturated rings. The molecular weight excluding hydrogens is 416 g/mol. The number of alkyl halides is 1. The molecule has 1 saturated heterocycles. The van der Waals surface area contributed by atoms with Gasteiger partial charge in [-0.25, -0.2) is 23.2 Å². The number of carbonyl (C=O) groups excluding carboxylic acids is 1. The van der Waals surface area contributed by atoms with Gasteiger partial charge >= 0.3 is 6.09 Å². The second-order valence-electron chi connectivity index (χ2n) is 8.43. The lowest BCUT2D eigenvalue weighted by atomic mass is 9.77. The highest BCUT2D eigenvalue weighted by molar-refractivity contribution is 5.89. The average Bonchev–Trinajstić information content (AvgIpc) is 3.41. The van der Waals surface area contributed by atoms with Crippen LogP contribution in [-0.4, -0.2) is 45.2 Å². The molecule has 9 heteroatoms. The van der Waals surface area contributed by atoms with Gasteiger partial charge in [-0.3, -0.25) is 4.90 Å². The number of hydrogen-bond acceptors (Lipinski definition) is 5. The molecule has 3 aromatic rings. The van der Waals surface area contributed by atoms with Crippen molar-refractivity contribution in [3.63, 3.8) is 0 Å². The lowest BCUT2D eigenvalue weighted by Gasteiger charge is -2.38. The molecule has 0 radical (unpaired) electrons. The highest BCUT2D eigenvalue weighted by Gasteiger charge is 2.51. The summed E-state index contributed by atoms with van der Waals surface area (Å²) in [7, 11) is 0. The first-order valence-electron chi connectivity index (χ1n) is 10.6. The zero-order valence-corrected chi connectivity index (χ0v) is 17.4. The maximum Gasteiger partial charge on any atom is 0.416 e. The molecule has 1 aliphatic heterocycles. The molecule has 2 aliphatic rings. The number of nitrogens with one attached hydrogen (secondary N) is 1. The maximum atomic E-state index is 15.5. The zero-order valence-electron chi connectivity index (χ0n) is 17.4. The molecule has 5 rings (SSSR count). The Balaban J connectivity index is 1.19. The summed E-state index contributed by atoms with van der Waals surface area (Å²) >= 11 is 0. The number of carbonyl (C=O) groups is 1. The third-order valence-corrected chi connectivity index (χ3v) is 6.23. The molecule has 0 bridgehead atoms. The van der Waals surface area contributed by atoms with E-state index in [4.69, 9.17) is 4.74 Å². The number of ether oxygens (including phenoxy) is 1. The van der Waals surface area contributed by atoms with Crippen molar-refractivity contribution < 1.29 is 18.3 Å². The minimum atomic E-state index is -1.45. The van der Waals surface area contributed by atoms with Crippen molar-refractivity contribution in [1.82, 2.24) is 14.8 Å². The Morgan fingerprint density at radius 2 is 1.84 bits per heavy atom. The molecule has 7 nitrogen and oxygen atoms in total. The van der Waals surface area contributed by atoms with E-state index in [1.807, 2.05) is 6.07 Å². The van der Waals surface area contributed by atoms with Crippen molar-refractivity contribution in [2.45, 2.75) is 37.0 Å². The zero-order chi connectivity index (χ0) is 22.2. The highest BCUT2D eigenvalue weighted by atomic mass is 19.1. The van der Waals surface area contributed by atoms with E-state index >= 15 is 4.39 Å². The van der Waals surface area contributed by atoms with E-state index in [1.165, 1.54) is 15.6 Å². The topological polar surface area (TPSA) is 72.3 Å². The fourth-order valence-electron chi connectivity index (χ4n) is 4.34. The first kappa shape index (κ1) is 20.4. The molecule has 1 aromatic carbocycles. The molecule has 3 heterocycles. The van der Waals surface area contributed by atoms with Gasteiger partial charge in [0.05, 0.1) is 13.1 Å². The lowest BCUT2D eigenvalue weighted by Crippen LogP contribution is -2.46. The molecule has 1 saturated carbocycles. The molecule has 1 spiro atoms. The van der Waals surface area contributed by atoms with E-state index in [0.29, 0.717) is 36.7 Å². The van der Waals surface area contributed by atoms with Crippen LogP contribution in [0.4, 0.5) is 25.2 Å². The number of nitrogens with zero attached hydrogens (tertiary/aromatic N) is 4. The smallest absolute Gasteiger partial charge is 0.416 e. The molecule has 32 heavy (non-hydrogen) atoms. The first-order valence-corrected chi connectivity index (χ1v) is 10.6. The predicted octanol–water partition coefficient (Wildman–Crippen LogP) is 4.50. The number of benzene rings is 1. The first-order chi connectivity index (χ1) is 15.5. The summed E-state index contributed by atoms with van der Waals surface area (Å²) in [5, 5.41) is 7.33. The maximum absolute atomic E-state index is 15.5. The summed E-state index contributed by atoms with van der Waals surface area (Å²) < 4.78 is 36.5. The number of pyridine rings is 1. The Labute approximate surface area is 184 Å². The molecule has 2 aromatic heterocycles. The van der Waals surface area contributed by atoms with E-state index in [-0.39, 0.29) is 25.2 Å². The molecule has 0 unspecified atom stereocenters. The van der Waals surface area contributed by atoms with Crippen molar-refractivity contribution in [1.29, 1.82) is 0 Å². The van der Waals surface area contributed by atoms with Crippen LogP contribution < -0.4 is 10.2 Å². The quantitative estimate of drug-likeness (QED) is 0.634. The normalized spacial score (nSPS) is 25.2. The third-order valence-electron chi connectivity index (χ3n) is 6.23. The summed E-state index contributed by atoms with van der Waals surface area (Å²) in [6.45, 7) is 0.453. The SMILES string of the molecule is O=C1OC2(CCC(F)(CNc3ccn(-c4ccccc4F)n3)CC2)CN1c1ccccn1. The summed E-state index contributed by atoms with van der Waals surface area (Å²) in [6.07, 6.45) is 4.21. The molecule has 166 valence electrons. The number of hydrogen-bond donors (Lipinski definition) is 1. The van der Waals surface area contributed by atoms with Gasteiger partial charge in [0.1, 0.15) is 34.4 Å². The Kier molecular flexibility index (Phi) is 5.03. The van der Waals surface area contributed by atoms with Gasteiger partial charge in [-0.1, -0.05) is 18.2 Å². The summed E-state index contributed by atoms with van der Waals surface area (Å²) in [5.74, 6) is 0.630. The third kappa shape index (κ3) is 3.90. The van der Waals surface area contributed by atoms with Crippen molar-refractivity contribution in [3.05, 3.63) is 66.7 Å². The largest absolute Gasteiger partial charge is 0.441 e. The van der Waals surface area contributed by atoms with Crippen LogP contribution in [0, 0.1) is 5.82 Å². The molecule has 1 N–H and O–H groups in total. The van der Waals surface area contributed by atoms with E-state index in [0.717, 1.165) is 0 Å². The van der Waals surface area contributed by atoms with Gasteiger partial charge < -0.3 is 10.1 Å². The molecule has 0 atom stereocenters. The lowest BCUT2D eigenvalue weighted by molar-refractivity contribution is -0.0211. The average molecular weight is 439 g/mol. The van der Waals surface area contributed by atoms with Crippen molar-refractivity contribution >= 4 is 17.7 Å². The predicted molar refractivity (Wildman–Crippen MR) is 115 cm³/mol. The fourth-order valence-corrected chi connectivity index (χ4v) is 4.34. The Morgan fingerprint density at radius 1 is 1.06 bits per heavy atom. The van der Waals surface area contributed by atoms with E-state index in [9.17, 15) is 9.18 Å². The Morgan fingerprint density at radius 3 is 2.59 bits per heavy atom. The summed E-state index contributed by atoms with van der Waals surface area (Å²) in [5.41, 5.74) is -1.80. The summed E-state index contributed by atoms with van der Waals surface area (Å²) in [4.78, 5) is 18.1. The van der Waals surface area contributed by atoms with Crippen LogP contribution in [0.3, 0.4) is 0 Å². The Bertz CT molecular complexity index is 1110.